The molecule has 1 aromatic carbocycles. The van der Waals surface area contributed by atoms with Crippen molar-refractivity contribution in [2.24, 2.45) is 4.99 Å². The highest BCUT2D eigenvalue weighted by Gasteiger charge is 2.28. The van der Waals surface area contributed by atoms with Crippen molar-refractivity contribution >= 4 is 29.6 Å². The summed E-state index contributed by atoms with van der Waals surface area (Å²) in [6.45, 7) is 6.51. The molecule has 4 rings (SSSR count). The van der Waals surface area contributed by atoms with Crippen LogP contribution < -0.4 is 20.9 Å². The largest absolute Gasteiger partial charge is 0.444 e. The maximum Gasteiger partial charge on any atom is 0.407 e. The topological polar surface area (TPSA) is 104 Å². The quantitative estimate of drug-likeness (QED) is 0.590. The maximum absolute atomic E-state index is 14.7. The van der Waals surface area contributed by atoms with Crippen LogP contribution in [0.15, 0.2) is 35.1 Å². The number of benzene rings is 1. The number of rotatable bonds is 5. The zero-order valence-corrected chi connectivity index (χ0v) is 20.5. The van der Waals surface area contributed by atoms with E-state index in [1.807, 2.05) is 32.9 Å². The van der Waals surface area contributed by atoms with E-state index in [2.05, 4.69) is 20.9 Å². The molecule has 2 fully saturated rings. The van der Waals surface area contributed by atoms with Gasteiger partial charge in [-0.15, -0.1) is 0 Å². The van der Waals surface area contributed by atoms with E-state index in [9.17, 15) is 14.0 Å². The summed E-state index contributed by atoms with van der Waals surface area (Å²) in [4.78, 5) is 30.1. The van der Waals surface area contributed by atoms with Gasteiger partial charge in [0.2, 0.25) is 0 Å². The molecule has 3 N–H and O–H groups in total. The summed E-state index contributed by atoms with van der Waals surface area (Å²) in [5, 5.41) is 9.54. The first-order valence-corrected chi connectivity index (χ1v) is 12.1. The Morgan fingerprint density at radius 2 is 1.97 bits per heavy atom. The summed E-state index contributed by atoms with van der Waals surface area (Å²) in [6.07, 6.45) is 3.71. The number of carbonyl (C=O) groups excluding carboxylic acids is 2. The van der Waals surface area contributed by atoms with Gasteiger partial charge in [-0.05, 0) is 58.6 Å². The summed E-state index contributed by atoms with van der Waals surface area (Å²) in [5.74, 6) is -0.573. The molecule has 190 valence electrons. The molecule has 35 heavy (non-hydrogen) atoms. The highest BCUT2D eigenvalue weighted by Crippen LogP contribution is 2.26. The van der Waals surface area contributed by atoms with Gasteiger partial charge >= 0.3 is 6.09 Å². The van der Waals surface area contributed by atoms with Crippen LogP contribution in [0.3, 0.4) is 0 Å². The smallest absolute Gasteiger partial charge is 0.407 e. The van der Waals surface area contributed by atoms with Gasteiger partial charge in [-0.25, -0.2) is 9.18 Å². The highest BCUT2D eigenvalue weighted by molar-refractivity contribution is 5.96. The van der Waals surface area contributed by atoms with Crippen molar-refractivity contribution < 1.29 is 23.5 Å². The Hall–Kier alpha value is -2.98. The molecule has 0 radical (unpaired) electrons. The van der Waals surface area contributed by atoms with Crippen LogP contribution >= 0.6 is 0 Å². The SMILES string of the molecule is CC(C)(C)OC(=O)NC1CCC(NC2N=CC(F)=C(c3cccc(N4CCOCC4=O)c3)N2)CC1. The van der Waals surface area contributed by atoms with Gasteiger partial charge in [0.1, 0.15) is 12.2 Å². The van der Waals surface area contributed by atoms with Crippen molar-refractivity contribution in [3.63, 3.8) is 0 Å². The molecule has 3 aliphatic rings. The van der Waals surface area contributed by atoms with E-state index >= 15 is 0 Å². The van der Waals surface area contributed by atoms with E-state index in [-0.39, 0.29) is 24.6 Å². The van der Waals surface area contributed by atoms with Gasteiger partial charge in [-0.1, -0.05) is 12.1 Å². The number of aliphatic imine (C=N–C) groups is 1. The maximum atomic E-state index is 14.7. The van der Waals surface area contributed by atoms with E-state index in [1.165, 1.54) is 6.21 Å². The molecule has 1 unspecified atom stereocenters. The Labute approximate surface area is 205 Å². The van der Waals surface area contributed by atoms with Crippen LogP contribution in [0.4, 0.5) is 14.9 Å². The Morgan fingerprint density at radius 3 is 2.69 bits per heavy atom. The normalized spacial score (nSPS) is 25.3. The third kappa shape index (κ3) is 6.79. The van der Waals surface area contributed by atoms with Gasteiger partial charge in [-0.2, -0.15) is 0 Å². The van der Waals surface area contributed by atoms with Crippen LogP contribution in [-0.2, 0) is 14.3 Å². The van der Waals surface area contributed by atoms with Gasteiger partial charge in [0, 0.05) is 29.9 Å². The van der Waals surface area contributed by atoms with Crippen LogP contribution in [0.2, 0.25) is 0 Å². The van der Waals surface area contributed by atoms with Crippen LogP contribution in [0.5, 0.6) is 0 Å². The lowest BCUT2D eigenvalue weighted by atomic mass is 9.91. The molecule has 9 nitrogen and oxygen atoms in total. The molecule has 1 atom stereocenters. The van der Waals surface area contributed by atoms with Gasteiger partial charge in [0.15, 0.2) is 12.1 Å². The Kier molecular flexibility index (Phi) is 7.71. The average molecular weight is 488 g/mol. The van der Waals surface area contributed by atoms with E-state index < -0.39 is 23.8 Å². The summed E-state index contributed by atoms with van der Waals surface area (Å²) in [6, 6.07) is 7.50. The molecular formula is C25H34FN5O4. The Morgan fingerprint density at radius 1 is 1.23 bits per heavy atom. The van der Waals surface area contributed by atoms with Crippen molar-refractivity contribution in [2.45, 2.75) is 70.4 Å². The van der Waals surface area contributed by atoms with Gasteiger partial charge in [0.05, 0.1) is 18.5 Å². The Balaban J connectivity index is 1.32. The molecule has 1 saturated heterocycles. The fourth-order valence-corrected chi connectivity index (χ4v) is 4.48. The molecule has 2 heterocycles. The summed E-state index contributed by atoms with van der Waals surface area (Å²) in [5.41, 5.74) is 1.16. The van der Waals surface area contributed by atoms with E-state index in [1.54, 1.807) is 17.0 Å². The number of allylic oxidation sites excluding steroid dienone is 1. The predicted octanol–water partition coefficient (Wildman–Crippen LogP) is 3.07. The summed E-state index contributed by atoms with van der Waals surface area (Å²) >= 11 is 0. The number of morpholine rings is 1. The Bertz CT molecular complexity index is 998. The van der Waals surface area contributed by atoms with Crippen LogP contribution in [0.25, 0.3) is 5.70 Å². The number of ether oxygens (including phenoxy) is 2. The third-order valence-corrected chi connectivity index (χ3v) is 6.13. The minimum absolute atomic E-state index is 0.0493. The second-order valence-corrected chi connectivity index (χ2v) is 10.1. The second-order valence-electron chi connectivity index (χ2n) is 10.1. The second kappa shape index (κ2) is 10.7. The first-order chi connectivity index (χ1) is 16.7. The van der Waals surface area contributed by atoms with Crippen molar-refractivity contribution in [3.05, 3.63) is 35.7 Å². The zero-order chi connectivity index (χ0) is 25.0. The standard InChI is InChI=1S/C25H34FN5O4/c1-25(2,3)35-24(33)29-18-9-7-17(8-10-18)28-23-27-14-20(26)22(30-23)16-5-4-6-19(13-16)31-11-12-34-15-21(31)32/h4-6,13-14,17-18,23,28,30H,7-12,15H2,1-3H3,(H,29,33). The molecule has 0 bridgehead atoms. The van der Waals surface area contributed by atoms with Gasteiger partial charge in [0.25, 0.3) is 5.91 Å². The van der Waals surface area contributed by atoms with Gasteiger partial charge < -0.3 is 25.0 Å². The lowest BCUT2D eigenvalue weighted by Gasteiger charge is -2.33. The first-order valence-electron chi connectivity index (χ1n) is 12.1. The number of nitrogens with zero attached hydrogens (tertiary/aromatic N) is 2. The van der Waals surface area contributed by atoms with E-state index in [4.69, 9.17) is 9.47 Å². The molecule has 2 amide bonds. The lowest BCUT2D eigenvalue weighted by Crippen LogP contribution is -2.50. The number of nitrogens with one attached hydrogen (secondary N) is 3. The fourth-order valence-electron chi connectivity index (χ4n) is 4.48. The molecule has 1 aromatic rings. The monoisotopic (exact) mass is 487 g/mol. The average Bonchev–Trinajstić information content (AvgIpc) is 2.81. The number of alkyl carbamates (subject to hydrolysis) is 1. The molecule has 0 aromatic heterocycles. The third-order valence-electron chi connectivity index (χ3n) is 6.13. The number of amides is 2. The van der Waals surface area contributed by atoms with E-state index in [0.29, 0.717) is 30.1 Å². The molecule has 2 aliphatic heterocycles. The minimum atomic E-state index is -0.523. The number of hydrogen-bond acceptors (Lipinski definition) is 7. The number of halogens is 1. The van der Waals surface area contributed by atoms with Crippen molar-refractivity contribution in [1.82, 2.24) is 16.0 Å². The van der Waals surface area contributed by atoms with Crippen LogP contribution in [-0.4, -0.2) is 61.9 Å². The summed E-state index contributed by atoms with van der Waals surface area (Å²) < 4.78 is 25.3. The molecular weight excluding hydrogens is 453 g/mol. The number of carbonyl (C=O) groups is 2. The van der Waals surface area contributed by atoms with Crippen molar-refractivity contribution in [2.75, 3.05) is 24.7 Å². The van der Waals surface area contributed by atoms with Crippen LogP contribution in [0, 0.1) is 0 Å². The van der Waals surface area contributed by atoms with Crippen molar-refractivity contribution in [3.8, 4) is 0 Å². The highest BCUT2D eigenvalue weighted by atomic mass is 19.1. The first kappa shape index (κ1) is 25.1. The summed E-state index contributed by atoms with van der Waals surface area (Å²) in [7, 11) is 0. The molecule has 1 aliphatic carbocycles. The zero-order valence-electron chi connectivity index (χ0n) is 20.5. The van der Waals surface area contributed by atoms with Crippen molar-refractivity contribution in [1.29, 1.82) is 0 Å². The number of hydrogen-bond donors (Lipinski definition) is 3. The van der Waals surface area contributed by atoms with Gasteiger partial charge in [-0.3, -0.25) is 15.1 Å². The molecule has 0 spiro atoms. The molecule has 10 heteroatoms. The predicted molar refractivity (Wildman–Crippen MR) is 132 cm³/mol. The fraction of sp³-hybridized carbons (Fsp3) is 0.560. The molecule has 1 saturated carbocycles. The lowest BCUT2D eigenvalue weighted by molar-refractivity contribution is -0.125. The minimum Gasteiger partial charge on any atom is -0.444 e. The number of anilines is 1. The van der Waals surface area contributed by atoms with E-state index in [0.717, 1.165) is 25.7 Å². The van der Waals surface area contributed by atoms with Crippen LogP contribution in [0.1, 0.15) is 52.0 Å².